The molecule has 2 N–H and O–H groups in total. The maximum Gasteiger partial charge on any atom is 0.0719 e. The lowest BCUT2D eigenvalue weighted by molar-refractivity contribution is 0.393. The summed E-state index contributed by atoms with van der Waals surface area (Å²) in [6.07, 6.45) is 2.52. The molecule has 1 fully saturated rings. The average molecular weight is 259 g/mol. The summed E-state index contributed by atoms with van der Waals surface area (Å²) in [5.41, 5.74) is 0.858. The Kier molecular flexibility index (Phi) is 4.33. The molecule has 0 radical (unpaired) electrons. The van der Waals surface area contributed by atoms with Crippen molar-refractivity contribution in [3.05, 3.63) is 28.2 Å². The Labute approximate surface area is 106 Å². The van der Waals surface area contributed by atoms with E-state index in [0.717, 1.165) is 25.3 Å². The Balaban J connectivity index is 1.93. The van der Waals surface area contributed by atoms with E-state index in [0.29, 0.717) is 16.0 Å². The largest absolute Gasteiger partial charge is 0.382 e. The fourth-order valence-electron chi connectivity index (χ4n) is 2.01. The van der Waals surface area contributed by atoms with Gasteiger partial charge in [-0.2, -0.15) is 0 Å². The second-order valence-corrected chi connectivity index (χ2v) is 5.00. The van der Waals surface area contributed by atoms with Crippen LogP contribution in [0.2, 0.25) is 10.0 Å². The maximum absolute atomic E-state index is 6.08. The molecule has 1 unspecified atom stereocenters. The van der Waals surface area contributed by atoms with E-state index in [1.165, 1.54) is 12.8 Å². The number of rotatable bonds is 3. The summed E-state index contributed by atoms with van der Waals surface area (Å²) in [5, 5.41) is 8.12. The minimum Gasteiger partial charge on any atom is -0.382 e. The SMILES string of the molecule is Clc1cccc(Cl)c1NCC1CCCNC1. The lowest BCUT2D eigenvalue weighted by Crippen LogP contribution is -2.33. The smallest absolute Gasteiger partial charge is 0.0719 e. The summed E-state index contributed by atoms with van der Waals surface area (Å²) in [6, 6.07) is 5.57. The van der Waals surface area contributed by atoms with Gasteiger partial charge in [-0.05, 0) is 44.0 Å². The molecule has 0 amide bonds. The second kappa shape index (κ2) is 5.76. The van der Waals surface area contributed by atoms with Crippen molar-refractivity contribution >= 4 is 28.9 Å². The van der Waals surface area contributed by atoms with Crippen molar-refractivity contribution in [2.24, 2.45) is 5.92 Å². The quantitative estimate of drug-likeness (QED) is 0.869. The molecule has 4 heteroatoms. The number of benzene rings is 1. The zero-order valence-electron chi connectivity index (χ0n) is 9.10. The highest BCUT2D eigenvalue weighted by Gasteiger charge is 2.13. The molecule has 1 atom stereocenters. The van der Waals surface area contributed by atoms with Crippen LogP contribution in [0.1, 0.15) is 12.8 Å². The number of piperidine rings is 1. The molecule has 1 saturated heterocycles. The number of nitrogens with one attached hydrogen (secondary N) is 2. The van der Waals surface area contributed by atoms with Crippen molar-refractivity contribution in [3.8, 4) is 0 Å². The first-order chi connectivity index (χ1) is 7.77. The van der Waals surface area contributed by atoms with E-state index in [-0.39, 0.29) is 0 Å². The molecule has 2 rings (SSSR count). The predicted molar refractivity (Wildman–Crippen MR) is 70.5 cm³/mol. The van der Waals surface area contributed by atoms with E-state index < -0.39 is 0 Å². The molecule has 0 bridgehead atoms. The van der Waals surface area contributed by atoms with Gasteiger partial charge in [-0.15, -0.1) is 0 Å². The molecule has 1 aromatic rings. The third-order valence-corrected chi connectivity index (χ3v) is 3.56. The molecular formula is C12H16Cl2N2. The molecule has 1 aliphatic heterocycles. The summed E-state index contributed by atoms with van der Waals surface area (Å²) >= 11 is 12.2. The number of hydrogen-bond donors (Lipinski definition) is 2. The molecule has 1 heterocycles. The van der Waals surface area contributed by atoms with Crippen LogP contribution < -0.4 is 10.6 Å². The average Bonchev–Trinajstić information content (AvgIpc) is 2.30. The summed E-state index contributed by atoms with van der Waals surface area (Å²) in [6.45, 7) is 3.15. The van der Waals surface area contributed by atoms with Crippen molar-refractivity contribution in [1.29, 1.82) is 0 Å². The molecule has 0 aliphatic carbocycles. The van der Waals surface area contributed by atoms with Crippen LogP contribution in [-0.4, -0.2) is 19.6 Å². The zero-order valence-corrected chi connectivity index (χ0v) is 10.6. The first-order valence-corrected chi connectivity index (χ1v) is 6.41. The van der Waals surface area contributed by atoms with Gasteiger partial charge in [0.15, 0.2) is 0 Å². The van der Waals surface area contributed by atoms with Crippen LogP contribution in [0, 0.1) is 5.92 Å². The summed E-state index contributed by atoms with van der Waals surface area (Å²) in [7, 11) is 0. The lowest BCUT2D eigenvalue weighted by Gasteiger charge is -2.23. The van der Waals surface area contributed by atoms with Crippen molar-refractivity contribution in [2.45, 2.75) is 12.8 Å². The van der Waals surface area contributed by atoms with Crippen LogP contribution >= 0.6 is 23.2 Å². The van der Waals surface area contributed by atoms with Gasteiger partial charge >= 0.3 is 0 Å². The Morgan fingerprint density at radius 2 is 2.06 bits per heavy atom. The third-order valence-electron chi connectivity index (χ3n) is 2.93. The van der Waals surface area contributed by atoms with E-state index >= 15 is 0 Å². The molecule has 0 saturated carbocycles. The normalized spacial score (nSPS) is 20.8. The Morgan fingerprint density at radius 1 is 1.31 bits per heavy atom. The van der Waals surface area contributed by atoms with E-state index in [1.54, 1.807) is 0 Å². The van der Waals surface area contributed by atoms with Crippen molar-refractivity contribution in [2.75, 3.05) is 25.0 Å². The topological polar surface area (TPSA) is 24.1 Å². The summed E-state index contributed by atoms with van der Waals surface area (Å²) in [5.74, 6) is 0.668. The standard InChI is InChI=1S/C12H16Cl2N2/c13-10-4-1-5-11(14)12(10)16-8-9-3-2-6-15-7-9/h1,4-5,9,15-16H,2-3,6-8H2. The molecule has 16 heavy (non-hydrogen) atoms. The van der Waals surface area contributed by atoms with E-state index in [2.05, 4.69) is 10.6 Å². The Bertz CT molecular complexity index is 329. The molecule has 0 aromatic heterocycles. The van der Waals surface area contributed by atoms with Gasteiger partial charge in [0, 0.05) is 6.54 Å². The van der Waals surface area contributed by atoms with Crippen molar-refractivity contribution in [3.63, 3.8) is 0 Å². The molecule has 88 valence electrons. The van der Waals surface area contributed by atoms with Gasteiger partial charge in [-0.1, -0.05) is 29.3 Å². The number of anilines is 1. The van der Waals surface area contributed by atoms with Gasteiger partial charge < -0.3 is 10.6 Å². The monoisotopic (exact) mass is 258 g/mol. The Hall–Kier alpha value is -0.440. The van der Waals surface area contributed by atoms with Crippen LogP contribution in [-0.2, 0) is 0 Å². The first-order valence-electron chi connectivity index (χ1n) is 5.66. The van der Waals surface area contributed by atoms with Crippen LogP contribution in [0.4, 0.5) is 5.69 Å². The third kappa shape index (κ3) is 3.03. The number of hydrogen-bond acceptors (Lipinski definition) is 2. The van der Waals surface area contributed by atoms with Crippen LogP contribution in [0.5, 0.6) is 0 Å². The molecule has 1 aliphatic rings. The fourth-order valence-corrected chi connectivity index (χ4v) is 2.54. The van der Waals surface area contributed by atoms with Gasteiger partial charge in [0.05, 0.1) is 15.7 Å². The van der Waals surface area contributed by atoms with Crippen LogP contribution in [0.25, 0.3) is 0 Å². The van der Waals surface area contributed by atoms with Gasteiger partial charge in [-0.3, -0.25) is 0 Å². The fraction of sp³-hybridized carbons (Fsp3) is 0.500. The molecule has 0 spiro atoms. The maximum atomic E-state index is 6.08. The molecule has 2 nitrogen and oxygen atoms in total. The zero-order chi connectivity index (χ0) is 11.4. The Morgan fingerprint density at radius 3 is 2.69 bits per heavy atom. The first kappa shape index (κ1) is 12.0. The predicted octanol–water partition coefficient (Wildman–Crippen LogP) is 3.40. The minimum atomic E-state index is 0.668. The molecular weight excluding hydrogens is 243 g/mol. The van der Waals surface area contributed by atoms with Crippen molar-refractivity contribution < 1.29 is 0 Å². The minimum absolute atomic E-state index is 0.668. The number of halogens is 2. The van der Waals surface area contributed by atoms with E-state index in [9.17, 15) is 0 Å². The van der Waals surface area contributed by atoms with Gasteiger partial charge in [0.25, 0.3) is 0 Å². The lowest BCUT2D eigenvalue weighted by atomic mass is 10.00. The summed E-state index contributed by atoms with van der Waals surface area (Å²) in [4.78, 5) is 0. The van der Waals surface area contributed by atoms with Crippen LogP contribution in [0.15, 0.2) is 18.2 Å². The number of para-hydroxylation sites is 1. The highest BCUT2D eigenvalue weighted by Crippen LogP contribution is 2.30. The van der Waals surface area contributed by atoms with Crippen molar-refractivity contribution in [1.82, 2.24) is 5.32 Å². The highest BCUT2D eigenvalue weighted by molar-refractivity contribution is 6.39. The molecule has 1 aromatic carbocycles. The van der Waals surface area contributed by atoms with Gasteiger partial charge in [0.2, 0.25) is 0 Å². The second-order valence-electron chi connectivity index (χ2n) is 4.19. The summed E-state index contributed by atoms with van der Waals surface area (Å²) < 4.78 is 0. The van der Waals surface area contributed by atoms with Gasteiger partial charge in [0.1, 0.15) is 0 Å². The highest BCUT2D eigenvalue weighted by atomic mass is 35.5. The van der Waals surface area contributed by atoms with Crippen LogP contribution in [0.3, 0.4) is 0 Å². The van der Waals surface area contributed by atoms with E-state index in [4.69, 9.17) is 23.2 Å². The van der Waals surface area contributed by atoms with Gasteiger partial charge in [-0.25, -0.2) is 0 Å². The van der Waals surface area contributed by atoms with E-state index in [1.807, 2.05) is 18.2 Å².